The summed E-state index contributed by atoms with van der Waals surface area (Å²) in [5.41, 5.74) is 6.99. The van der Waals surface area contributed by atoms with Crippen molar-refractivity contribution in [3.8, 4) is 11.5 Å². The molecule has 3 N–H and O–H groups in total. The number of aliphatic hydroxyl groups is 1. The minimum atomic E-state index is -0.729. The molecule has 1 heterocycles. The number of aromatic nitrogens is 2. The van der Waals surface area contributed by atoms with Crippen molar-refractivity contribution in [2.45, 2.75) is 25.1 Å². The monoisotopic (exact) mass is 363 g/mol. The summed E-state index contributed by atoms with van der Waals surface area (Å²) in [6.45, 7) is 3.39. The van der Waals surface area contributed by atoms with Gasteiger partial charge in [-0.05, 0) is 32.0 Å². The van der Waals surface area contributed by atoms with E-state index in [0.29, 0.717) is 33.8 Å². The maximum absolute atomic E-state index is 11.4. The normalized spacial score (nSPS) is 11.8. The molecule has 0 saturated heterocycles. The molecule has 7 nitrogen and oxygen atoms in total. The highest BCUT2D eigenvalue weighted by Crippen LogP contribution is 2.28. The zero-order chi connectivity index (χ0) is 18.4. The molecule has 0 aliphatic rings. The second-order valence-electron chi connectivity index (χ2n) is 5.41. The van der Waals surface area contributed by atoms with Gasteiger partial charge in [-0.1, -0.05) is 11.8 Å². The topological polar surface area (TPSA) is 108 Å². The molecule has 8 heteroatoms. The number of nitrogens with two attached hydrogens (primary N) is 1. The van der Waals surface area contributed by atoms with Gasteiger partial charge in [0, 0.05) is 23.1 Å². The Morgan fingerprint density at radius 1 is 1.32 bits per heavy atom. The molecule has 0 aliphatic carbocycles. The lowest BCUT2D eigenvalue weighted by atomic mass is 10.1. The van der Waals surface area contributed by atoms with Crippen molar-refractivity contribution in [2.75, 3.05) is 25.2 Å². The first kappa shape index (κ1) is 19.0. The fourth-order valence-corrected chi connectivity index (χ4v) is 2.86. The van der Waals surface area contributed by atoms with E-state index in [9.17, 15) is 9.90 Å². The number of Topliss-reactive ketones (excluding diaryl/α,β-unsaturated/α-hetero) is 1. The van der Waals surface area contributed by atoms with Gasteiger partial charge >= 0.3 is 0 Å². The molecule has 1 unspecified atom stereocenters. The Labute approximate surface area is 150 Å². The van der Waals surface area contributed by atoms with Gasteiger partial charge in [-0.2, -0.15) is 0 Å². The highest BCUT2D eigenvalue weighted by atomic mass is 32.2. The quantitative estimate of drug-likeness (QED) is 0.417. The molecule has 0 fully saturated rings. The number of carbonyl (C=O) groups excluding carboxylic acids is 1. The van der Waals surface area contributed by atoms with Crippen LogP contribution in [0.2, 0.25) is 0 Å². The highest BCUT2D eigenvalue weighted by Gasteiger charge is 2.12. The van der Waals surface area contributed by atoms with Crippen LogP contribution in [0.4, 0.5) is 5.82 Å². The van der Waals surface area contributed by atoms with E-state index < -0.39 is 6.10 Å². The van der Waals surface area contributed by atoms with Gasteiger partial charge in [-0.15, -0.1) is 0 Å². The summed E-state index contributed by atoms with van der Waals surface area (Å²) < 4.78 is 10.8. The molecule has 25 heavy (non-hydrogen) atoms. The number of ether oxygens (including phenoxy) is 2. The van der Waals surface area contributed by atoms with Crippen molar-refractivity contribution in [2.24, 2.45) is 0 Å². The van der Waals surface area contributed by atoms with Gasteiger partial charge in [0.25, 0.3) is 0 Å². The number of hydrogen-bond acceptors (Lipinski definition) is 8. The van der Waals surface area contributed by atoms with Crippen LogP contribution in [0.1, 0.15) is 23.0 Å². The van der Waals surface area contributed by atoms with E-state index in [2.05, 4.69) is 9.97 Å². The molecule has 0 bridgehead atoms. The summed E-state index contributed by atoms with van der Waals surface area (Å²) in [7, 11) is 1.50. The van der Waals surface area contributed by atoms with Crippen LogP contribution >= 0.6 is 11.8 Å². The maximum Gasteiger partial charge on any atom is 0.189 e. The van der Waals surface area contributed by atoms with Crippen LogP contribution < -0.4 is 15.2 Å². The molecule has 1 aromatic carbocycles. The lowest BCUT2D eigenvalue weighted by molar-refractivity contribution is 0.101. The standard InChI is InChI=1S/C17H21N3O4S/c1-10-6-16(18)20-17(19-10)25-9-13(22)8-24-14-5-4-12(11(2)21)7-15(14)23-3/h4-7,13,22H,8-9H2,1-3H3,(H2,18,19,20). The van der Waals surface area contributed by atoms with Crippen molar-refractivity contribution in [1.82, 2.24) is 9.97 Å². The Morgan fingerprint density at radius 2 is 2.08 bits per heavy atom. The lowest BCUT2D eigenvalue weighted by Crippen LogP contribution is -2.20. The molecule has 0 radical (unpaired) electrons. The molecular formula is C17H21N3O4S. The van der Waals surface area contributed by atoms with Crippen molar-refractivity contribution in [1.29, 1.82) is 0 Å². The first-order valence-electron chi connectivity index (χ1n) is 7.63. The Morgan fingerprint density at radius 3 is 2.72 bits per heavy atom. The van der Waals surface area contributed by atoms with E-state index in [1.54, 1.807) is 24.3 Å². The fourth-order valence-electron chi connectivity index (χ4n) is 2.04. The summed E-state index contributed by atoms with van der Waals surface area (Å²) in [5.74, 6) is 1.61. The van der Waals surface area contributed by atoms with Gasteiger partial charge < -0.3 is 20.3 Å². The summed E-state index contributed by atoms with van der Waals surface area (Å²) in [4.78, 5) is 19.7. The number of thioether (sulfide) groups is 1. The SMILES string of the molecule is COc1cc(C(C)=O)ccc1OCC(O)CSc1nc(C)cc(N)n1. The average Bonchev–Trinajstić information content (AvgIpc) is 2.57. The fraction of sp³-hybridized carbons (Fsp3) is 0.353. The Balaban J connectivity index is 1.91. The number of carbonyl (C=O) groups is 1. The van der Waals surface area contributed by atoms with Gasteiger partial charge in [-0.3, -0.25) is 4.79 Å². The Kier molecular flexibility index (Phi) is 6.60. The Hall–Kier alpha value is -2.32. The van der Waals surface area contributed by atoms with E-state index in [4.69, 9.17) is 15.2 Å². The number of methoxy groups -OCH3 is 1. The van der Waals surface area contributed by atoms with Gasteiger partial charge in [0.15, 0.2) is 22.4 Å². The summed E-state index contributed by atoms with van der Waals surface area (Å²) in [6.07, 6.45) is -0.729. The first-order chi connectivity index (χ1) is 11.9. The second-order valence-corrected chi connectivity index (χ2v) is 6.40. The third-order valence-electron chi connectivity index (χ3n) is 3.26. The largest absolute Gasteiger partial charge is 0.493 e. The van der Waals surface area contributed by atoms with Crippen molar-refractivity contribution < 1.29 is 19.4 Å². The zero-order valence-electron chi connectivity index (χ0n) is 14.4. The third kappa shape index (κ3) is 5.61. The smallest absolute Gasteiger partial charge is 0.189 e. The van der Waals surface area contributed by atoms with E-state index >= 15 is 0 Å². The van der Waals surface area contributed by atoms with Gasteiger partial charge in [0.2, 0.25) is 0 Å². The molecule has 0 spiro atoms. The molecule has 1 aromatic heterocycles. The highest BCUT2D eigenvalue weighted by molar-refractivity contribution is 7.99. The minimum absolute atomic E-state index is 0.0567. The summed E-state index contributed by atoms with van der Waals surface area (Å²) in [6, 6.07) is 6.60. The number of anilines is 1. The molecule has 134 valence electrons. The van der Waals surface area contributed by atoms with Crippen molar-refractivity contribution in [3.63, 3.8) is 0 Å². The van der Waals surface area contributed by atoms with Crippen LogP contribution in [-0.4, -0.2) is 46.4 Å². The summed E-state index contributed by atoms with van der Waals surface area (Å²) >= 11 is 1.30. The molecular weight excluding hydrogens is 342 g/mol. The molecule has 2 rings (SSSR count). The number of nitrogens with zero attached hydrogens (tertiary/aromatic N) is 2. The maximum atomic E-state index is 11.4. The number of aliphatic hydroxyl groups excluding tert-OH is 1. The predicted octanol–water partition coefficient (Wildman–Crippen LogP) is 2.11. The minimum Gasteiger partial charge on any atom is -0.493 e. The van der Waals surface area contributed by atoms with Crippen LogP contribution in [0.25, 0.3) is 0 Å². The van der Waals surface area contributed by atoms with E-state index in [0.717, 1.165) is 5.69 Å². The first-order valence-corrected chi connectivity index (χ1v) is 8.61. The molecule has 2 aromatic rings. The van der Waals surface area contributed by atoms with Crippen molar-refractivity contribution in [3.05, 3.63) is 35.5 Å². The third-order valence-corrected chi connectivity index (χ3v) is 4.25. The van der Waals surface area contributed by atoms with Crippen LogP contribution in [0.15, 0.2) is 29.4 Å². The molecule has 0 saturated carbocycles. The van der Waals surface area contributed by atoms with Crippen LogP contribution in [0, 0.1) is 6.92 Å². The average molecular weight is 363 g/mol. The number of rotatable bonds is 8. The van der Waals surface area contributed by atoms with E-state index in [1.165, 1.54) is 25.8 Å². The summed E-state index contributed by atoms with van der Waals surface area (Å²) in [5, 5.41) is 10.6. The molecule has 0 amide bonds. The Bertz CT molecular complexity index is 734. The zero-order valence-corrected chi connectivity index (χ0v) is 15.2. The van der Waals surface area contributed by atoms with E-state index in [-0.39, 0.29) is 12.4 Å². The molecule has 1 atom stereocenters. The number of ketones is 1. The van der Waals surface area contributed by atoms with Crippen molar-refractivity contribution >= 4 is 23.4 Å². The number of hydrogen-bond donors (Lipinski definition) is 2. The number of aryl methyl sites for hydroxylation is 1. The number of benzene rings is 1. The lowest BCUT2D eigenvalue weighted by Gasteiger charge is -2.14. The second kappa shape index (κ2) is 8.68. The van der Waals surface area contributed by atoms with Crippen LogP contribution in [0.3, 0.4) is 0 Å². The van der Waals surface area contributed by atoms with Crippen LogP contribution in [-0.2, 0) is 0 Å². The van der Waals surface area contributed by atoms with Gasteiger partial charge in [-0.25, -0.2) is 9.97 Å². The van der Waals surface area contributed by atoms with Crippen LogP contribution in [0.5, 0.6) is 11.5 Å². The molecule has 0 aliphatic heterocycles. The van der Waals surface area contributed by atoms with E-state index in [1.807, 2.05) is 6.92 Å². The van der Waals surface area contributed by atoms with Gasteiger partial charge in [0.1, 0.15) is 12.4 Å². The predicted molar refractivity (Wildman–Crippen MR) is 96.4 cm³/mol. The number of nitrogen functional groups attached to an aromatic ring is 1. The van der Waals surface area contributed by atoms with Gasteiger partial charge in [0.05, 0.1) is 13.2 Å².